The zero-order valence-electron chi connectivity index (χ0n) is 10.9. The molecule has 2 heteroatoms. The molecule has 1 aliphatic carbocycles. The van der Waals surface area contributed by atoms with Gasteiger partial charge < -0.3 is 5.11 Å². The maximum atomic E-state index is 9.49. The van der Waals surface area contributed by atoms with Crippen molar-refractivity contribution in [1.82, 2.24) is 0 Å². The van der Waals surface area contributed by atoms with Crippen molar-refractivity contribution in [2.75, 3.05) is 5.75 Å². The minimum absolute atomic E-state index is 0.356. The highest BCUT2D eigenvalue weighted by Gasteiger charge is 2.19. The van der Waals surface area contributed by atoms with Crippen LogP contribution >= 0.6 is 11.8 Å². The SMILES string of the molecule is Oc1cccc(SCC2CCCc3ccccc32)c1. The van der Waals surface area contributed by atoms with Crippen LogP contribution in [0.2, 0.25) is 0 Å². The van der Waals surface area contributed by atoms with Crippen LogP contribution < -0.4 is 0 Å². The van der Waals surface area contributed by atoms with Crippen LogP contribution in [0.3, 0.4) is 0 Å². The van der Waals surface area contributed by atoms with E-state index in [0.29, 0.717) is 11.7 Å². The molecule has 0 spiro atoms. The van der Waals surface area contributed by atoms with Crippen molar-refractivity contribution in [3.63, 3.8) is 0 Å². The van der Waals surface area contributed by atoms with Crippen LogP contribution in [-0.2, 0) is 6.42 Å². The summed E-state index contributed by atoms with van der Waals surface area (Å²) in [6, 6.07) is 16.4. The Labute approximate surface area is 118 Å². The van der Waals surface area contributed by atoms with Gasteiger partial charge in [-0.25, -0.2) is 0 Å². The van der Waals surface area contributed by atoms with Crippen LogP contribution in [0.5, 0.6) is 5.75 Å². The molecule has 1 atom stereocenters. The molecule has 98 valence electrons. The number of aryl methyl sites for hydroxylation is 1. The smallest absolute Gasteiger partial charge is 0.116 e. The van der Waals surface area contributed by atoms with Crippen LogP contribution in [0, 0.1) is 0 Å². The van der Waals surface area contributed by atoms with Crippen LogP contribution in [0.15, 0.2) is 53.4 Å². The van der Waals surface area contributed by atoms with Crippen LogP contribution in [0.25, 0.3) is 0 Å². The average molecular weight is 270 g/mol. The Balaban J connectivity index is 1.71. The molecule has 2 aromatic carbocycles. The highest BCUT2D eigenvalue weighted by molar-refractivity contribution is 7.99. The summed E-state index contributed by atoms with van der Waals surface area (Å²) in [5.74, 6) is 2.10. The first-order valence-electron chi connectivity index (χ1n) is 6.82. The molecule has 0 saturated carbocycles. The summed E-state index contributed by atoms with van der Waals surface area (Å²) < 4.78 is 0. The molecule has 0 bridgehead atoms. The normalized spacial score (nSPS) is 18.0. The summed E-state index contributed by atoms with van der Waals surface area (Å²) in [6.07, 6.45) is 3.80. The Bertz CT molecular complexity index is 565. The summed E-state index contributed by atoms with van der Waals surface area (Å²) in [5, 5.41) is 9.49. The summed E-state index contributed by atoms with van der Waals surface area (Å²) in [6.45, 7) is 0. The van der Waals surface area contributed by atoms with Crippen molar-refractivity contribution >= 4 is 11.8 Å². The minimum atomic E-state index is 0.356. The maximum absolute atomic E-state index is 9.49. The van der Waals surface area contributed by atoms with Gasteiger partial charge in [0.2, 0.25) is 0 Å². The lowest BCUT2D eigenvalue weighted by Crippen LogP contribution is -2.11. The van der Waals surface area contributed by atoms with E-state index in [4.69, 9.17) is 0 Å². The summed E-state index contributed by atoms with van der Waals surface area (Å²) in [7, 11) is 0. The molecular weight excluding hydrogens is 252 g/mol. The first-order valence-corrected chi connectivity index (χ1v) is 7.81. The molecule has 2 aromatic rings. The Kier molecular flexibility index (Phi) is 3.79. The summed E-state index contributed by atoms with van der Waals surface area (Å²) in [5.41, 5.74) is 3.05. The number of hydrogen-bond acceptors (Lipinski definition) is 2. The second-order valence-electron chi connectivity index (χ2n) is 5.10. The second kappa shape index (κ2) is 5.70. The standard InChI is InChI=1S/C17H18OS/c18-15-8-4-9-16(11-15)19-12-14-7-3-6-13-5-1-2-10-17(13)14/h1-2,4-5,8-11,14,18H,3,6-7,12H2. The lowest BCUT2D eigenvalue weighted by atomic mass is 9.84. The molecule has 0 aromatic heterocycles. The number of hydrogen-bond donors (Lipinski definition) is 1. The van der Waals surface area contributed by atoms with Gasteiger partial charge in [-0.05, 0) is 54.5 Å². The quantitative estimate of drug-likeness (QED) is 0.822. The molecule has 0 amide bonds. The van der Waals surface area contributed by atoms with Crippen LogP contribution in [0.1, 0.15) is 29.9 Å². The number of benzene rings is 2. The fraction of sp³-hybridized carbons (Fsp3) is 0.294. The van der Waals surface area contributed by atoms with Gasteiger partial charge >= 0.3 is 0 Å². The molecule has 1 nitrogen and oxygen atoms in total. The predicted octanol–water partition coefficient (Wildman–Crippen LogP) is 4.60. The van der Waals surface area contributed by atoms with Crippen molar-refractivity contribution in [3.05, 3.63) is 59.7 Å². The first-order chi connectivity index (χ1) is 9.33. The molecule has 1 aliphatic rings. The molecule has 0 radical (unpaired) electrons. The van der Waals surface area contributed by atoms with Gasteiger partial charge in [-0.15, -0.1) is 11.8 Å². The van der Waals surface area contributed by atoms with E-state index < -0.39 is 0 Å². The van der Waals surface area contributed by atoms with Gasteiger partial charge in [0.1, 0.15) is 5.75 Å². The number of aromatic hydroxyl groups is 1. The van der Waals surface area contributed by atoms with E-state index in [1.54, 1.807) is 6.07 Å². The van der Waals surface area contributed by atoms with E-state index in [0.717, 1.165) is 10.6 Å². The third-order valence-electron chi connectivity index (χ3n) is 3.76. The van der Waals surface area contributed by atoms with E-state index in [9.17, 15) is 5.11 Å². The minimum Gasteiger partial charge on any atom is -0.508 e. The number of rotatable bonds is 3. The van der Waals surface area contributed by atoms with Gasteiger partial charge in [0.05, 0.1) is 0 Å². The largest absolute Gasteiger partial charge is 0.508 e. The van der Waals surface area contributed by atoms with Gasteiger partial charge in [-0.3, -0.25) is 0 Å². The topological polar surface area (TPSA) is 20.2 Å². The van der Waals surface area contributed by atoms with E-state index in [2.05, 4.69) is 30.3 Å². The zero-order chi connectivity index (χ0) is 13.1. The number of phenolic OH excluding ortho intramolecular Hbond substituents is 1. The van der Waals surface area contributed by atoms with Gasteiger partial charge in [0.25, 0.3) is 0 Å². The molecule has 1 unspecified atom stereocenters. The molecule has 0 aliphatic heterocycles. The maximum Gasteiger partial charge on any atom is 0.116 e. The van der Waals surface area contributed by atoms with Crippen molar-refractivity contribution in [2.24, 2.45) is 0 Å². The van der Waals surface area contributed by atoms with Gasteiger partial charge in [0.15, 0.2) is 0 Å². The van der Waals surface area contributed by atoms with E-state index in [1.807, 2.05) is 23.9 Å². The van der Waals surface area contributed by atoms with Crippen LogP contribution in [-0.4, -0.2) is 10.9 Å². The Morgan fingerprint density at radius 2 is 2.00 bits per heavy atom. The van der Waals surface area contributed by atoms with E-state index in [1.165, 1.54) is 30.4 Å². The van der Waals surface area contributed by atoms with Crippen molar-refractivity contribution in [1.29, 1.82) is 0 Å². The Hall–Kier alpha value is -1.41. The Morgan fingerprint density at radius 1 is 1.11 bits per heavy atom. The summed E-state index contributed by atoms with van der Waals surface area (Å²) >= 11 is 1.84. The fourth-order valence-corrected chi connectivity index (χ4v) is 3.92. The highest BCUT2D eigenvalue weighted by Crippen LogP contribution is 2.36. The molecule has 19 heavy (non-hydrogen) atoms. The predicted molar refractivity (Wildman–Crippen MR) is 81.0 cm³/mol. The zero-order valence-corrected chi connectivity index (χ0v) is 11.7. The van der Waals surface area contributed by atoms with E-state index in [-0.39, 0.29) is 0 Å². The lowest BCUT2D eigenvalue weighted by Gasteiger charge is -2.25. The number of phenols is 1. The third-order valence-corrected chi connectivity index (χ3v) is 4.92. The van der Waals surface area contributed by atoms with Crippen LogP contribution in [0.4, 0.5) is 0 Å². The van der Waals surface area contributed by atoms with Crippen molar-refractivity contribution in [2.45, 2.75) is 30.1 Å². The first kappa shape index (κ1) is 12.6. The average Bonchev–Trinajstić information content (AvgIpc) is 2.45. The number of thioether (sulfide) groups is 1. The summed E-state index contributed by atoms with van der Waals surface area (Å²) in [4.78, 5) is 1.16. The fourth-order valence-electron chi connectivity index (χ4n) is 2.80. The third kappa shape index (κ3) is 2.95. The monoisotopic (exact) mass is 270 g/mol. The van der Waals surface area contributed by atoms with Crippen molar-refractivity contribution in [3.8, 4) is 5.75 Å². The van der Waals surface area contributed by atoms with Gasteiger partial charge in [0, 0.05) is 10.6 Å². The molecule has 1 N–H and O–H groups in total. The molecule has 0 saturated heterocycles. The van der Waals surface area contributed by atoms with Crippen molar-refractivity contribution < 1.29 is 5.11 Å². The Morgan fingerprint density at radius 3 is 2.89 bits per heavy atom. The molecule has 0 heterocycles. The second-order valence-corrected chi connectivity index (χ2v) is 6.19. The van der Waals surface area contributed by atoms with Gasteiger partial charge in [-0.1, -0.05) is 30.3 Å². The number of fused-ring (bicyclic) bond motifs is 1. The highest BCUT2D eigenvalue weighted by atomic mass is 32.2. The molecular formula is C17H18OS. The van der Waals surface area contributed by atoms with E-state index >= 15 is 0 Å². The lowest BCUT2D eigenvalue weighted by molar-refractivity contribution is 0.474. The molecule has 3 rings (SSSR count). The van der Waals surface area contributed by atoms with Gasteiger partial charge in [-0.2, -0.15) is 0 Å². The molecule has 0 fully saturated rings.